The summed E-state index contributed by atoms with van der Waals surface area (Å²) in [7, 11) is 0. The van der Waals surface area contributed by atoms with Crippen LogP contribution in [0.2, 0.25) is 0 Å². The Bertz CT molecular complexity index is 226. The molecule has 18 heavy (non-hydrogen) atoms. The van der Waals surface area contributed by atoms with Crippen LogP contribution >= 0.6 is 0 Å². The van der Waals surface area contributed by atoms with Crippen LogP contribution in [-0.4, -0.2) is 18.5 Å². The monoisotopic (exact) mass is 334 g/mol. The molecule has 0 aliphatic heterocycles. The molecule has 0 aromatic rings. The summed E-state index contributed by atoms with van der Waals surface area (Å²) in [4.78, 5) is 24.4. The Morgan fingerprint density at radius 3 is 1.94 bits per heavy atom. The van der Waals surface area contributed by atoms with Gasteiger partial charge in [0.25, 0.3) is 0 Å². The van der Waals surface area contributed by atoms with Gasteiger partial charge in [-0.15, -0.1) is 0 Å². The first-order chi connectivity index (χ1) is 7.01. The maximum absolute atomic E-state index is 10.6. The van der Waals surface area contributed by atoms with Crippen molar-refractivity contribution in [1.82, 2.24) is 0 Å². The van der Waals surface area contributed by atoms with Gasteiger partial charge in [-0.2, -0.15) is 0 Å². The van der Waals surface area contributed by atoms with E-state index in [0.29, 0.717) is 6.42 Å². The third-order valence-electron chi connectivity index (χ3n) is 2.20. The van der Waals surface area contributed by atoms with E-state index in [0.717, 1.165) is 0 Å². The Labute approximate surface area is 234 Å². The van der Waals surface area contributed by atoms with Gasteiger partial charge in [0.1, 0.15) is 0 Å². The zero-order valence-corrected chi connectivity index (χ0v) is 20.8. The maximum Gasteiger partial charge on any atom is 1.00 e. The van der Waals surface area contributed by atoms with Gasteiger partial charge in [-0.25, -0.2) is 0 Å². The molecule has 0 aliphatic rings. The van der Waals surface area contributed by atoms with Crippen LogP contribution in [0.15, 0.2) is 0 Å². The average Bonchev–Trinajstić information content (AvgIpc) is 2.12. The number of carbonyl (C=O) groups is 2. The summed E-state index contributed by atoms with van der Waals surface area (Å²) in [5, 5.41) is 30.7. The van der Waals surface area contributed by atoms with Crippen molar-refractivity contribution >= 4 is 11.9 Å². The first-order valence-electron chi connectivity index (χ1n) is 4.66. The summed E-state index contributed by atoms with van der Waals surface area (Å²) in [5.41, 5.74) is 0. The summed E-state index contributed by atoms with van der Waals surface area (Å²) in [6.07, 6.45) is -0.00812. The van der Waals surface area contributed by atoms with Gasteiger partial charge >= 0.3 is 154 Å². The molecular weight excluding hydrogens is 321 g/mol. The normalized spacial score (nSPS) is 12.1. The number of carbonyl (C=O) groups excluding carboxylic acids is 2. The molecule has 0 spiro atoms. The number of hydrogen-bond donors (Lipinski definition) is 0. The first kappa shape index (κ1) is 29.7. The average molecular weight is 334 g/mol. The molecule has 0 rings (SSSR count). The summed E-state index contributed by atoms with van der Waals surface area (Å²) >= 11 is 0. The third kappa shape index (κ3) is 16.1. The van der Waals surface area contributed by atoms with Crippen LogP contribution in [0.3, 0.4) is 0 Å². The molecule has 0 heterocycles. The van der Waals surface area contributed by atoms with Crippen molar-refractivity contribution in [2.75, 3.05) is 6.61 Å². The Hall–Kier alpha value is 3.77. The van der Waals surface area contributed by atoms with E-state index in [4.69, 9.17) is 0 Å². The van der Waals surface area contributed by atoms with Gasteiger partial charge < -0.3 is 29.9 Å². The Morgan fingerprint density at radius 2 is 1.67 bits per heavy atom. The number of carboxylic acid groups (broad SMARTS) is 2. The van der Waals surface area contributed by atoms with E-state index in [1.807, 2.05) is 0 Å². The van der Waals surface area contributed by atoms with E-state index in [2.05, 4.69) is 4.89 Å². The molecule has 0 saturated heterocycles. The van der Waals surface area contributed by atoms with Gasteiger partial charge in [0.2, 0.25) is 0 Å². The van der Waals surface area contributed by atoms with E-state index in [-0.39, 0.29) is 174 Å². The van der Waals surface area contributed by atoms with Gasteiger partial charge in [0, 0.05) is 18.5 Å². The maximum atomic E-state index is 10.6. The molecule has 0 amide bonds. The molecule has 6 nitrogen and oxygen atoms in total. The minimum absolute atomic E-state index is 0. The van der Waals surface area contributed by atoms with Crippen LogP contribution in [0.4, 0.5) is 0 Å². The predicted octanol–water partition coefficient (Wildman–Crippen LogP) is -11.8. The molecular formula is C9H13K3O6. The number of hydrogen-bond acceptors (Lipinski definition) is 6. The van der Waals surface area contributed by atoms with Crippen LogP contribution in [0.5, 0.6) is 0 Å². The van der Waals surface area contributed by atoms with Crippen molar-refractivity contribution in [2.24, 2.45) is 11.8 Å². The van der Waals surface area contributed by atoms with E-state index in [1.54, 1.807) is 6.92 Å². The molecule has 0 radical (unpaired) electrons. The third-order valence-corrected chi connectivity index (χ3v) is 2.20. The van der Waals surface area contributed by atoms with Crippen LogP contribution in [0, 0.1) is 11.8 Å². The Balaban J connectivity index is -0.000000327. The van der Waals surface area contributed by atoms with Crippen molar-refractivity contribution in [1.29, 1.82) is 0 Å². The second-order valence-corrected chi connectivity index (χ2v) is 3.39. The molecule has 9 heteroatoms. The summed E-state index contributed by atoms with van der Waals surface area (Å²) in [6, 6.07) is 0. The largest absolute Gasteiger partial charge is 1.00 e. The van der Waals surface area contributed by atoms with Crippen LogP contribution in [-0.2, 0) is 14.5 Å². The predicted molar refractivity (Wildman–Crippen MR) is 42.5 cm³/mol. The van der Waals surface area contributed by atoms with Gasteiger partial charge in [-0.1, -0.05) is 6.92 Å². The quantitative estimate of drug-likeness (QED) is 0.247. The van der Waals surface area contributed by atoms with Crippen molar-refractivity contribution in [2.45, 2.75) is 26.2 Å². The summed E-state index contributed by atoms with van der Waals surface area (Å²) < 4.78 is 0. The number of aliphatic carboxylic acids is 2. The Kier molecular flexibility index (Phi) is 31.1. The second kappa shape index (κ2) is 18.8. The molecule has 0 fully saturated rings. The summed E-state index contributed by atoms with van der Waals surface area (Å²) in [6.45, 7) is 1.31. The molecule has 0 aromatic heterocycles. The SMILES string of the molecule is CCC(C[C@@H](CO[O-])CC(=O)[O-])C(=O)[O-].[K+].[K+].[K+]. The fraction of sp³-hybridized carbons (Fsp3) is 0.778. The van der Waals surface area contributed by atoms with Gasteiger partial charge in [0.05, 0.1) is 0 Å². The Morgan fingerprint density at radius 1 is 1.17 bits per heavy atom. The van der Waals surface area contributed by atoms with Crippen molar-refractivity contribution in [3.05, 3.63) is 0 Å². The van der Waals surface area contributed by atoms with E-state index >= 15 is 0 Å². The zero-order chi connectivity index (χ0) is 11.8. The van der Waals surface area contributed by atoms with Crippen molar-refractivity contribution in [3.8, 4) is 0 Å². The topological polar surface area (TPSA) is 113 Å². The molecule has 0 saturated carbocycles. The fourth-order valence-electron chi connectivity index (χ4n) is 1.37. The molecule has 1 unspecified atom stereocenters. The minimum atomic E-state index is -1.33. The zero-order valence-electron chi connectivity index (χ0n) is 11.4. The molecule has 0 N–H and O–H groups in total. The van der Waals surface area contributed by atoms with Crippen LogP contribution in [0.1, 0.15) is 26.2 Å². The van der Waals surface area contributed by atoms with Crippen molar-refractivity contribution < 1.29 is 184 Å². The molecule has 0 bridgehead atoms. The van der Waals surface area contributed by atoms with Gasteiger partial charge in [0.15, 0.2) is 0 Å². The fourth-order valence-corrected chi connectivity index (χ4v) is 1.37. The second-order valence-electron chi connectivity index (χ2n) is 3.39. The summed E-state index contributed by atoms with van der Waals surface area (Å²) in [5.74, 6) is -3.98. The van der Waals surface area contributed by atoms with Crippen molar-refractivity contribution in [3.63, 3.8) is 0 Å². The molecule has 0 aliphatic carbocycles. The smallest absolute Gasteiger partial charge is 0.723 e. The van der Waals surface area contributed by atoms with E-state index in [9.17, 15) is 25.1 Å². The van der Waals surface area contributed by atoms with Crippen LogP contribution < -0.4 is 170 Å². The number of rotatable bonds is 8. The number of carboxylic acids is 2. The first-order valence-corrected chi connectivity index (χ1v) is 4.66. The van der Waals surface area contributed by atoms with Gasteiger partial charge in [-0.3, -0.25) is 0 Å². The molecule has 0 aromatic carbocycles. The van der Waals surface area contributed by atoms with E-state index < -0.39 is 23.8 Å². The standard InChI is InChI=1S/C9H16O6.3K/c1-2-7(9(12)13)3-6(5-15-14)4-8(10)11;;;/h6-7,14H,2-5H2,1H3,(H,10,11)(H,12,13);;;/q;3*+1/p-3/t6-,7?;;;/m1.../s1. The minimum Gasteiger partial charge on any atom is -0.723 e. The van der Waals surface area contributed by atoms with Crippen LogP contribution in [0.25, 0.3) is 0 Å². The van der Waals surface area contributed by atoms with Gasteiger partial charge in [-0.05, 0) is 31.1 Å². The molecule has 88 valence electrons. The van der Waals surface area contributed by atoms with E-state index in [1.165, 1.54) is 0 Å². The molecule has 2 atom stereocenters.